The number of amides is 2. The summed E-state index contributed by atoms with van der Waals surface area (Å²) in [7, 11) is 0. The van der Waals surface area contributed by atoms with E-state index in [1.807, 2.05) is 59.5 Å². The molecule has 5 nitrogen and oxygen atoms in total. The van der Waals surface area contributed by atoms with Gasteiger partial charge in [0.25, 0.3) is 5.91 Å². The molecule has 1 N–H and O–H groups in total. The van der Waals surface area contributed by atoms with Crippen LogP contribution in [0.1, 0.15) is 52.5 Å². The van der Waals surface area contributed by atoms with Gasteiger partial charge in [0.05, 0.1) is 5.75 Å². The fraction of sp³-hybridized carbons (Fsp3) is 0.440. The van der Waals surface area contributed by atoms with Crippen molar-refractivity contribution in [3.8, 4) is 0 Å². The zero-order valence-electron chi connectivity index (χ0n) is 18.0. The first-order valence-corrected chi connectivity index (χ1v) is 12.3. The van der Waals surface area contributed by atoms with Crippen LogP contribution < -0.4 is 5.32 Å². The lowest BCUT2D eigenvalue weighted by Gasteiger charge is -2.26. The number of hydrogen-bond acceptors (Lipinski definition) is 4. The quantitative estimate of drug-likeness (QED) is 0.633. The molecule has 4 rings (SSSR count). The molecule has 1 atom stereocenters. The molecule has 0 aromatic heterocycles. The lowest BCUT2D eigenvalue weighted by molar-refractivity contribution is -0.128. The van der Waals surface area contributed by atoms with Crippen molar-refractivity contribution in [3.63, 3.8) is 0 Å². The van der Waals surface area contributed by atoms with Crippen molar-refractivity contribution in [2.75, 3.05) is 31.9 Å². The lowest BCUT2D eigenvalue weighted by atomic mass is 10.1. The molecule has 2 fully saturated rings. The van der Waals surface area contributed by atoms with Crippen molar-refractivity contribution in [2.45, 2.75) is 37.6 Å². The van der Waals surface area contributed by atoms with Gasteiger partial charge >= 0.3 is 0 Å². The van der Waals surface area contributed by atoms with Gasteiger partial charge in [0.2, 0.25) is 5.91 Å². The summed E-state index contributed by atoms with van der Waals surface area (Å²) in [6.45, 7) is 4.76. The molecule has 0 saturated carbocycles. The second-order valence-corrected chi connectivity index (χ2v) is 9.37. The molecule has 6 heteroatoms. The van der Waals surface area contributed by atoms with Crippen LogP contribution in [0.3, 0.4) is 0 Å². The van der Waals surface area contributed by atoms with Crippen LogP contribution in [-0.4, -0.2) is 53.5 Å². The fourth-order valence-corrected chi connectivity index (χ4v) is 5.46. The van der Waals surface area contributed by atoms with Gasteiger partial charge in [0.1, 0.15) is 5.37 Å². The Bertz CT molecular complexity index is 866. The molecule has 2 aliphatic heterocycles. The summed E-state index contributed by atoms with van der Waals surface area (Å²) >= 11 is 1.65. The van der Waals surface area contributed by atoms with Crippen LogP contribution in [0.5, 0.6) is 0 Å². The second kappa shape index (κ2) is 10.8. The summed E-state index contributed by atoms with van der Waals surface area (Å²) in [6.07, 6.45) is 4.93. The largest absolute Gasteiger partial charge is 0.352 e. The minimum Gasteiger partial charge on any atom is -0.352 e. The van der Waals surface area contributed by atoms with Gasteiger partial charge < -0.3 is 15.1 Å². The summed E-state index contributed by atoms with van der Waals surface area (Å²) in [4.78, 5) is 29.3. The molecule has 0 bridgehead atoms. The van der Waals surface area contributed by atoms with E-state index in [0.717, 1.165) is 24.1 Å². The van der Waals surface area contributed by atoms with Crippen LogP contribution in [0, 0.1) is 0 Å². The van der Waals surface area contributed by atoms with Crippen molar-refractivity contribution in [1.82, 2.24) is 15.1 Å². The van der Waals surface area contributed by atoms with Gasteiger partial charge in [-0.25, -0.2) is 0 Å². The highest BCUT2D eigenvalue weighted by Gasteiger charge is 2.32. The number of piperidine rings is 1. The van der Waals surface area contributed by atoms with E-state index in [9.17, 15) is 9.59 Å². The van der Waals surface area contributed by atoms with E-state index < -0.39 is 0 Å². The highest BCUT2D eigenvalue weighted by Crippen LogP contribution is 2.39. The number of benzene rings is 2. The molecule has 0 aliphatic carbocycles. The molecule has 2 amide bonds. The van der Waals surface area contributed by atoms with Crippen LogP contribution in [-0.2, 0) is 11.3 Å². The molecular weight excluding hydrogens is 406 g/mol. The Labute approximate surface area is 189 Å². The summed E-state index contributed by atoms with van der Waals surface area (Å²) in [5.41, 5.74) is 2.86. The molecule has 31 heavy (non-hydrogen) atoms. The van der Waals surface area contributed by atoms with Crippen LogP contribution in [0.15, 0.2) is 54.6 Å². The highest BCUT2D eigenvalue weighted by atomic mass is 32.2. The minimum absolute atomic E-state index is 0.00522. The maximum absolute atomic E-state index is 12.5. The number of carbonyl (C=O) groups excluding carboxylic acids is 2. The molecular formula is C25H31N3O2S. The molecule has 2 aliphatic rings. The van der Waals surface area contributed by atoms with E-state index in [1.54, 1.807) is 11.8 Å². The standard InChI is InChI=1S/C25H31N3O2S/c29-23-19-31-25(28(23)18-20-8-3-1-4-9-20)22-12-10-21(11-13-22)24(30)26-14-7-17-27-15-5-2-6-16-27/h1,3-4,8-13,25H,2,5-7,14-19H2,(H,26,30)/t25-/m1/s1. The summed E-state index contributed by atoms with van der Waals surface area (Å²) < 4.78 is 0. The first-order valence-electron chi connectivity index (χ1n) is 11.3. The van der Waals surface area contributed by atoms with E-state index in [0.29, 0.717) is 24.4 Å². The Hall–Kier alpha value is -2.31. The monoisotopic (exact) mass is 437 g/mol. The number of thioether (sulfide) groups is 1. The number of hydrogen-bond donors (Lipinski definition) is 1. The summed E-state index contributed by atoms with van der Waals surface area (Å²) in [5, 5.41) is 3.04. The van der Waals surface area contributed by atoms with Gasteiger partial charge in [0, 0.05) is 18.7 Å². The van der Waals surface area contributed by atoms with Gasteiger partial charge in [-0.2, -0.15) is 0 Å². The predicted molar refractivity (Wildman–Crippen MR) is 126 cm³/mol. The molecule has 0 radical (unpaired) electrons. The average Bonchev–Trinajstić information content (AvgIpc) is 3.18. The third kappa shape index (κ3) is 5.89. The molecule has 0 spiro atoms. The third-order valence-corrected chi connectivity index (χ3v) is 7.26. The Morgan fingerprint density at radius 2 is 1.74 bits per heavy atom. The molecule has 164 valence electrons. The van der Waals surface area contributed by atoms with E-state index in [-0.39, 0.29) is 17.2 Å². The van der Waals surface area contributed by atoms with Crippen molar-refractivity contribution in [3.05, 3.63) is 71.3 Å². The van der Waals surface area contributed by atoms with Gasteiger partial charge in [-0.15, -0.1) is 11.8 Å². The fourth-order valence-electron chi connectivity index (χ4n) is 4.27. The zero-order chi connectivity index (χ0) is 21.5. The van der Waals surface area contributed by atoms with Gasteiger partial charge in [0.15, 0.2) is 0 Å². The second-order valence-electron chi connectivity index (χ2n) is 8.30. The number of likely N-dealkylation sites (tertiary alicyclic amines) is 1. The van der Waals surface area contributed by atoms with Crippen LogP contribution in [0.2, 0.25) is 0 Å². The van der Waals surface area contributed by atoms with Crippen molar-refractivity contribution >= 4 is 23.6 Å². The van der Waals surface area contributed by atoms with Gasteiger partial charge in [-0.3, -0.25) is 9.59 Å². The Morgan fingerprint density at radius 1 is 1.00 bits per heavy atom. The molecule has 2 heterocycles. The van der Waals surface area contributed by atoms with Crippen molar-refractivity contribution < 1.29 is 9.59 Å². The van der Waals surface area contributed by atoms with E-state index in [1.165, 1.54) is 32.4 Å². The van der Waals surface area contributed by atoms with E-state index >= 15 is 0 Å². The van der Waals surface area contributed by atoms with E-state index in [2.05, 4.69) is 10.2 Å². The molecule has 0 unspecified atom stereocenters. The van der Waals surface area contributed by atoms with Crippen LogP contribution in [0.4, 0.5) is 0 Å². The molecule has 2 aromatic rings. The summed E-state index contributed by atoms with van der Waals surface area (Å²) in [6, 6.07) is 17.8. The first-order chi connectivity index (χ1) is 15.2. The number of rotatable bonds is 8. The van der Waals surface area contributed by atoms with E-state index in [4.69, 9.17) is 0 Å². The smallest absolute Gasteiger partial charge is 0.251 e. The average molecular weight is 438 g/mol. The maximum atomic E-state index is 12.5. The Kier molecular flexibility index (Phi) is 7.65. The van der Waals surface area contributed by atoms with Gasteiger partial charge in [-0.05, 0) is 62.2 Å². The third-order valence-electron chi connectivity index (χ3n) is 6.01. The van der Waals surface area contributed by atoms with Crippen LogP contribution in [0.25, 0.3) is 0 Å². The Morgan fingerprint density at radius 3 is 2.48 bits per heavy atom. The normalized spacial score (nSPS) is 19.5. The SMILES string of the molecule is O=C(NCCCN1CCCCC1)c1ccc([C@H]2SCC(=O)N2Cc2ccccc2)cc1. The van der Waals surface area contributed by atoms with Gasteiger partial charge in [-0.1, -0.05) is 48.9 Å². The topological polar surface area (TPSA) is 52.7 Å². The number of carbonyl (C=O) groups is 2. The highest BCUT2D eigenvalue weighted by molar-refractivity contribution is 8.00. The first kappa shape index (κ1) is 21.9. The maximum Gasteiger partial charge on any atom is 0.251 e. The zero-order valence-corrected chi connectivity index (χ0v) is 18.8. The molecule has 2 aromatic carbocycles. The molecule has 2 saturated heterocycles. The number of nitrogens with one attached hydrogen (secondary N) is 1. The summed E-state index contributed by atoms with van der Waals surface area (Å²) in [5.74, 6) is 0.632. The van der Waals surface area contributed by atoms with Crippen LogP contribution >= 0.6 is 11.8 Å². The minimum atomic E-state index is -0.0264. The lowest BCUT2D eigenvalue weighted by Crippen LogP contribution is -2.33. The Balaban J connectivity index is 1.29. The van der Waals surface area contributed by atoms with Crippen molar-refractivity contribution in [2.24, 2.45) is 0 Å². The number of nitrogens with zero attached hydrogens (tertiary/aromatic N) is 2. The van der Waals surface area contributed by atoms with Crippen molar-refractivity contribution in [1.29, 1.82) is 0 Å². The predicted octanol–water partition coefficient (Wildman–Crippen LogP) is 4.07.